The Labute approximate surface area is 161 Å². The minimum Gasteiger partial charge on any atom is -0.492 e. The summed E-state index contributed by atoms with van der Waals surface area (Å²) in [6, 6.07) is 14.9. The summed E-state index contributed by atoms with van der Waals surface area (Å²) < 4.78 is 7.33. The highest BCUT2D eigenvalue weighted by atomic mass is 32.1. The zero-order valence-corrected chi connectivity index (χ0v) is 15.8. The molecule has 0 fully saturated rings. The van der Waals surface area contributed by atoms with Gasteiger partial charge >= 0.3 is 0 Å². The molecule has 3 rings (SSSR count). The largest absolute Gasteiger partial charge is 0.492 e. The SMILES string of the molecule is Cc1cccc(OCCNC(=O)CCn2c(=S)[nH]c3ccccc3c2=O)c1. The van der Waals surface area contributed by atoms with Gasteiger partial charge in [0.1, 0.15) is 12.4 Å². The summed E-state index contributed by atoms with van der Waals surface area (Å²) in [5.41, 5.74) is 1.63. The standard InChI is InChI=1S/C20H21N3O3S/c1-14-5-4-6-15(13-14)26-12-10-21-18(24)9-11-23-19(25)16-7-2-3-8-17(16)22-20(23)27/h2-8,13H,9-12H2,1H3,(H,21,24)(H,22,27). The summed E-state index contributed by atoms with van der Waals surface area (Å²) in [5, 5.41) is 3.34. The zero-order chi connectivity index (χ0) is 19.2. The molecule has 2 N–H and O–H groups in total. The van der Waals surface area contributed by atoms with Crippen LogP contribution in [0.25, 0.3) is 10.9 Å². The molecule has 7 heteroatoms. The molecule has 0 aliphatic rings. The van der Waals surface area contributed by atoms with Crippen LogP contribution in [-0.2, 0) is 11.3 Å². The quantitative estimate of drug-likeness (QED) is 0.486. The van der Waals surface area contributed by atoms with Crippen molar-refractivity contribution >= 4 is 29.0 Å². The fourth-order valence-electron chi connectivity index (χ4n) is 2.77. The maximum absolute atomic E-state index is 12.5. The maximum atomic E-state index is 12.5. The highest BCUT2D eigenvalue weighted by Crippen LogP contribution is 2.11. The molecule has 1 aromatic heterocycles. The predicted octanol–water partition coefficient (Wildman–Crippen LogP) is 2.95. The molecule has 140 valence electrons. The molecule has 6 nitrogen and oxygen atoms in total. The van der Waals surface area contributed by atoms with Crippen molar-refractivity contribution in [2.45, 2.75) is 19.9 Å². The van der Waals surface area contributed by atoms with Crippen LogP contribution in [0, 0.1) is 11.7 Å². The van der Waals surface area contributed by atoms with Gasteiger partial charge in [0.05, 0.1) is 17.4 Å². The summed E-state index contributed by atoms with van der Waals surface area (Å²) in [4.78, 5) is 27.6. The van der Waals surface area contributed by atoms with Gasteiger partial charge in [-0.05, 0) is 49.0 Å². The van der Waals surface area contributed by atoms with E-state index in [1.165, 1.54) is 4.57 Å². The fourth-order valence-corrected chi connectivity index (χ4v) is 3.05. The number of hydrogen-bond donors (Lipinski definition) is 2. The van der Waals surface area contributed by atoms with Gasteiger partial charge in [0, 0.05) is 13.0 Å². The highest BCUT2D eigenvalue weighted by molar-refractivity contribution is 7.71. The first-order valence-electron chi connectivity index (χ1n) is 8.72. The Morgan fingerprint density at radius 3 is 2.85 bits per heavy atom. The van der Waals surface area contributed by atoms with Crippen LogP contribution < -0.4 is 15.6 Å². The summed E-state index contributed by atoms with van der Waals surface area (Å²) >= 11 is 5.25. The number of carbonyl (C=O) groups excluding carboxylic acids is 1. The smallest absolute Gasteiger partial charge is 0.262 e. The van der Waals surface area contributed by atoms with Gasteiger partial charge in [-0.15, -0.1) is 0 Å². The van der Waals surface area contributed by atoms with Crippen LogP contribution in [0.5, 0.6) is 5.75 Å². The number of hydrogen-bond acceptors (Lipinski definition) is 4. The van der Waals surface area contributed by atoms with E-state index in [2.05, 4.69) is 10.3 Å². The lowest BCUT2D eigenvalue weighted by Gasteiger charge is -2.10. The number of carbonyl (C=O) groups is 1. The van der Waals surface area contributed by atoms with E-state index < -0.39 is 0 Å². The number of H-pyrrole nitrogens is 1. The normalized spacial score (nSPS) is 10.7. The number of nitrogens with one attached hydrogen (secondary N) is 2. The Morgan fingerprint density at radius 1 is 1.22 bits per heavy atom. The number of amides is 1. The van der Waals surface area contributed by atoms with E-state index in [0.29, 0.717) is 28.8 Å². The van der Waals surface area contributed by atoms with Crippen LogP contribution in [0.15, 0.2) is 53.3 Å². The molecule has 0 bridgehead atoms. The molecule has 0 unspecified atom stereocenters. The zero-order valence-electron chi connectivity index (χ0n) is 15.0. The third-order valence-corrected chi connectivity index (χ3v) is 4.46. The Bertz CT molecular complexity index is 1070. The number of aromatic nitrogens is 2. The van der Waals surface area contributed by atoms with E-state index in [0.717, 1.165) is 11.3 Å². The molecule has 0 aliphatic carbocycles. The van der Waals surface area contributed by atoms with Gasteiger partial charge in [0.15, 0.2) is 4.77 Å². The van der Waals surface area contributed by atoms with E-state index in [1.807, 2.05) is 37.3 Å². The minimum absolute atomic E-state index is 0.155. The van der Waals surface area contributed by atoms with Crippen LogP contribution in [0.4, 0.5) is 0 Å². The number of benzene rings is 2. The number of rotatable bonds is 7. The second-order valence-corrected chi connectivity index (χ2v) is 6.58. The summed E-state index contributed by atoms with van der Waals surface area (Å²) in [7, 11) is 0. The van der Waals surface area contributed by atoms with Gasteiger partial charge in [-0.1, -0.05) is 24.3 Å². The average molecular weight is 383 g/mol. The topological polar surface area (TPSA) is 76.1 Å². The van der Waals surface area contributed by atoms with Crippen LogP contribution >= 0.6 is 12.2 Å². The predicted molar refractivity (Wildman–Crippen MR) is 108 cm³/mol. The molecule has 0 saturated carbocycles. The van der Waals surface area contributed by atoms with E-state index in [1.54, 1.807) is 18.2 Å². The van der Waals surface area contributed by atoms with Crippen molar-refractivity contribution in [3.63, 3.8) is 0 Å². The van der Waals surface area contributed by atoms with Crippen LogP contribution in [0.2, 0.25) is 0 Å². The molecule has 27 heavy (non-hydrogen) atoms. The van der Waals surface area contributed by atoms with Crippen molar-refractivity contribution in [2.75, 3.05) is 13.2 Å². The second-order valence-electron chi connectivity index (χ2n) is 6.20. The lowest BCUT2D eigenvalue weighted by Crippen LogP contribution is -2.30. The van der Waals surface area contributed by atoms with Crippen LogP contribution in [0.3, 0.4) is 0 Å². The lowest BCUT2D eigenvalue weighted by atomic mass is 10.2. The van der Waals surface area contributed by atoms with E-state index in [-0.39, 0.29) is 24.4 Å². The number of ether oxygens (including phenoxy) is 1. The molecule has 0 aliphatic heterocycles. The Hall–Kier alpha value is -2.93. The van der Waals surface area contributed by atoms with Crippen molar-refractivity contribution in [3.05, 3.63) is 69.2 Å². The number of para-hydroxylation sites is 1. The van der Waals surface area contributed by atoms with E-state index in [9.17, 15) is 9.59 Å². The first-order chi connectivity index (χ1) is 13.0. The molecule has 0 saturated heterocycles. The molecular formula is C20H21N3O3S. The Balaban J connectivity index is 1.51. The van der Waals surface area contributed by atoms with Crippen LogP contribution in [-0.4, -0.2) is 28.6 Å². The molecule has 0 spiro atoms. The van der Waals surface area contributed by atoms with Crippen molar-refractivity contribution in [1.82, 2.24) is 14.9 Å². The molecule has 1 heterocycles. The number of fused-ring (bicyclic) bond motifs is 1. The summed E-state index contributed by atoms with van der Waals surface area (Å²) in [6.07, 6.45) is 0.167. The van der Waals surface area contributed by atoms with Crippen molar-refractivity contribution < 1.29 is 9.53 Å². The molecule has 0 atom stereocenters. The van der Waals surface area contributed by atoms with E-state index >= 15 is 0 Å². The van der Waals surface area contributed by atoms with Gasteiger partial charge in [0.25, 0.3) is 5.56 Å². The third kappa shape index (κ3) is 4.83. The van der Waals surface area contributed by atoms with Crippen LogP contribution in [0.1, 0.15) is 12.0 Å². The van der Waals surface area contributed by atoms with Gasteiger partial charge in [-0.25, -0.2) is 0 Å². The number of nitrogens with zero attached hydrogens (tertiary/aromatic N) is 1. The Kier molecular flexibility index (Phi) is 6.03. The van der Waals surface area contributed by atoms with Gasteiger partial charge in [-0.3, -0.25) is 14.2 Å². The second kappa shape index (κ2) is 8.64. The molecule has 2 aromatic carbocycles. The van der Waals surface area contributed by atoms with E-state index in [4.69, 9.17) is 17.0 Å². The maximum Gasteiger partial charge on any atom is 0.262 e. The molecule has 0 radical (unpaired) electrons. The highest BCUT2D eigenvalue weighted by Gasteiger charge is 2.07. The molecule has 1 amide bonds. The van der Waals surface area contributed by atoms with Crippen molar-refractivity contribution in [2.24, 2.45) is 0 Å². The monoisotopic (exact) mass is 383 g/mol. The van der Waals surface area contributed by atoms with Crippen molar-refractivity contribution in [1.29, 1.82) is 0 Å². The van der Waals surface area contributed by atoms with Crippen molar-refractivity contribution in [3.8, 4) is 5.75 Å². The molecular weight excluding hydrogens is 362 g/mol. The van der Waals surface area contributed by atoms with Gasteiger partial charge < -0.3 is 15.0 Å². The molecule has 3 aromatic rings. The minimum atomic E-state index is -0.190. The lowest BCUT2D eigenvalue weighted by molar-refractivity contribution is -0.121. The summed E-state index contributed by atoms with van der Waals surface area (Å²) in [6.45, 7) is 3.00. The average Bonchev–Trinajstić information content (AvgIpc) is 2.65. The summed E-state index contributed by atoms with van der Waals surface area (Å²) in [5.74, 6) is 0.621. The Morgan fingerprint density at radius 2 is 2.04 bits per heavy atom. The van der Waals surface area contributed by atoms with Gasteiger partial charge in [-0.2, -0.15) is 0 Å². The first kappa shape index (κ1) is 18.8. The fraction of sp³-hybridized carbons (Fsp3) is 0.250. The number of aromatic amines is 1. The van der Waals surface area contributed by atoms with Gasteiger partial charge in [0.2, 0.25) is 5.91 Å². The first-order valence-corrected chi connectivity index (χ1v) is 9.13. The third-order valence-electron chi connectivity index (χ3n) is 4.13. The number of aryl methyl sites for hydroxylation is 1.